The van der Waals surface area contributed by atoms with Gasteiger partial charge in [-0.1, -0.05) is 26.7 Å². The van der Waals surface area contributed by atoms with Crippen molar-refractivity contribution in [2.75, 3.05) is 0 Å². The van der Waals surface area contributed by atoms with Crippen LogP contribution in [0, 0.1) is 34.5 Å². The molecule has 0 aliphatic heterocycles. The summed E-state index contributed by atoms with van der Waals surface area (Å²) in [5.41, 5.74) is 0.151. The van der Waals surface area contributed by atoms with Gasteiger partial charge in [-0.25, -0.2) is 4.39 Å². The lowest BCUT2D eigenvalue weighted by Crippen LogP contribution is -2.52. The lowest BCUT2D eigenvalue weighted by molar-refractivity contribution is -0.140. The molecule has 21 heavy (non-hydrogen) atoms. The Labute approximate surface area is 128 Å². The fourth-order valence-electron chi connectivity index (χ4n) is 7.04. The van der Waals surface area contributed by atoms with Crippen molar-refractivity contribution in [3.63, 3.8) is 0 Å². The molecule has 4 fully saturated rings. The van der Waals surface area contributed by atoms with Crippen LogP contribution in [-0.4, -0.2) is 12.0 Å². The van der Waals surface area contributed by atoms with E-state index in [1.165, 1.54) is 44.9 Å². The molecule has 4 saturated carbocycles. The van der Waals surface area contributed by atoms with Gasteiger partial charge in [0.1, 0.15) is 0 Å². The molecule has 0 aromatic heterocycles. The second-order valence-corrected chi connectivity index (χ2v) is 8.93. The van der Waals surface area contributed by atoms with E-state index in [1.54, 1.807) is 0 Å². The Morgan fingerprint density at radius 1 is 1.00 bits per heavy atom. The summed E-state index contributed by atoms with van der Waals surface area (Å²) in [5, 5.41) is 0. The van der Waals surface area contributed by atoms with Crippen molar-refractivity contribution in [2.24, 2.45) is 34.5 Å². The van der Waals surface area contributed by atoms with Crippen LogP contribution in [0.25, 0.3) is 0 Å². The van der Waals surface area contributed by atoms with E-state index in [0.717, 1.165) is 18.3 Å². The summed E-state index contributed by atoms with van der Waals surface area (Å²) in [6.07, 6.45) is 9.62. The van der Waals surface area contributed by atoms with Gasteiger partial charge in [-0.3, -0.25) is 4.79 Å². The number of fused-ring (bicyclic) bond motifs is 5. The number of hydrogen-bond acceptors (Lipinski definition) is 1. The average molecular weight is 292 g/mol. The van der Waals surface area contributed by atoms with Gasteiger partial charge in [0.05, 0.1) is 0 Å². The van der Waals surface area contributed by atoms with Crippen molar-refractivity contribution < 1.29 is 9.18 Å². The smallest absolute Gasteiger partial charge is 0.173 e. The molecule has 0 spiro atoms. The molecule has 0 heterocycles. The van der Waals surface area contributed by atoms with Gasteiger partial charge in [0.25, 0.3) is 0 Å². The molecule has 0 amide bonds. The number of alkyl halides is 1. The number of ketones is 1. The van der Waals surface area contributed by atoms with Crippen molar-refractivity contribution in [1.82, 2.24) is 0 Å². The molecule has 4 rings (SSSR count). The summed E-state index contributed by atoms with van der Waals surface area (Å²) in [7, 11) is 0. The fraction of sp³-hybridized carbons (Fsp3) is 0.947. The van der Waals surface area contributed by atoms with Gasteiger partial charge in [0.2, 0.25) is 0 Å². The third-order valence-corrected chi connectivity index (χ3v) is 8.28. The van der Waals surface area contributed by atoms with Crippen LogP contribution in [0.5, 0.6) is 0 Å². The first-order valence-electron chi connectivity index (χ1n) is 9.15. The third-order valence-electron chi connectivity index (χ3n) is 8.28. The molecule has 4 aliphatic carbocycles. The Balaban J connectivity index is 1.67. The minimum absolute atomic E-state index is 0.0677. The van der Waals surface area contributed by atoms with Crippen molar-refractivity contribution >= 4 is 5.78 Å². The SMILES string of the molecule is C[C@]12CCC3C(CC[C@H]4CCCC[C@]34C)C1C[C@@H](F)C2=O. The third kappa shape index (κ3) is 1.77. The molecule has 2 heteroatoms. The number of halogens is 1. The molecule has 0 N–H and O–H groups in total. The minimum atomic E-state index is -1.17. The summed E-state index contributed by atoms with van der Waals surface area (Å²) >= 11 is 0. The van der Waals surface area contributed by atoms with Crippen molar-refractivity contribution in [1.29, 1.82) is 0 Å². The van der Waals surface area contributed by atoms with Gasteiger partial charge >= 0.3 is 0 Å². The Hall–Kier alpha value is -0.400. The Kier molecular flexibility index (Phi) is 3.08. The van der Waals surface area contributed by atoms with Crippen LogP contribution < -0.4 is 0 Å². The zero-order chi connectivity index (χ0) is 14.8. The van der Waals surface area contributed by atoms with E-state index in [-0.39, 0.29) is 11.2 Å². The van der Waals surface area contributed by atoms with E-state index in [0.29, 0.717) is 23.7 Å². The van der Waals surface area contributed by atoms with Gasteiger partial charge in [-0.15, -0.1) is 0 Å². The highest BCUT2D eigenvalue weighted by molar-refractivity contribution is 5.91. The van der Waals surface area contributed by atoms with Crippen molar-refractivity contribution in [2.45, 2.75) is 77.8 Å². The molecule has 118 valence electrons. The standard InChI is InChI=1S/C19H29FO/c1-18-9-4-3-5-12(18)6-7-13-14(18)8-10-19(2)15(13)11-16(20)17(19)21/h12-16H,3-11H2,1-2H3/t12-,13?,14?,15?,16-,18+,19+/m1/s1. The maximum absolute atomic E-state index is 14.1. The van der Waals surface area contributed by atoms with Gasteiger partial charge in [-0.2, -0.15) is 0 Å². The zero-order valence-corrected chi connectivity index (χ0v) is 13.5. The molecule has 4 aliphatic rings. The molecule has 3 unspecified atom stereocenters. The van der Waals surface area contributed by atoms with Crippen LogP contribution in [0.4, 0.5) is 4.39 Å². The zero-order valence-electron chi connectivity index (χ0n) is 13.5. The summed E-state index contributed by atoms with van der Waals surface area (Å²) in [4.78, 5) is 12.3. The van der Waals surface area contributed by atoms with Gasteiger partial charge in [0.15, 0.2) is 12.0 Å². The van der Waals surface area contributed by atoms with E-state index < -0.39 is 6.17 Å². The summed E-state index contributed by atoms with van der Waals surface area (Å²) in [6.45, 7) is 4.60. The van der Waals surface area contributed by atoms with Gasteiger partial charge < -0.3 is 0 Å². The second kappa shape index (κ2) is 4.55. The van der Waals surface area contributed by atoms with Gasteiger partial charge in [0, 0.05) is 5.41 Å². The van der Waals surface area contributed by atoms with Crippen molar-refractivity contribution in [3.8, 4) is 0 Å². The second-order valence-electron chi connectivity index (χ2n) is 8.93. The van der Waals surface area contributed by atoms with E-state index in [2.05, 4.69) is 13.8 Å². The quantitative estimate of drug-likeness (QED) is 0.618. The maximum Gasteiger partial charge on any atom is 0.173 e. The van der Waals surface area contributed by atoms with E-state index in [1.807, 2.05) is 0 Å². The number of carbonyl (C=O) groups excluding carboxylic acids is 1. The van der Waals surface area contributed by atoms with Crippen LogP contribution in [0.15, 0.2) is 0 Å². The number of hydrogen-bond donors (Lipinski definition) is 0. The topological polar surface area (TPSA) is 17.1 Å². The van der Waals surface area contributed by atoms with Gasteiger partial charge in [-0.05, 0) is 74.0 Å². The largest absolute Gasteiger partial charge is 0.296 e. The summed E-state index contributed by atoms with van der Waals surface area (Å²) in [6, 6.07) is 0. The number of rotatable bonds is 0. The predicted octanol–water partition coefficient (Wildman–Crippen LogP) is 4.94. The van der Waals surface area contributed by atoms with Crippen LogP contribution in [-0.2, 0) is 4.79 Å². The molecule has 0 bridgehead atoms. The summed E-state index contributed by atoms with van der Waals surface area (Å²) < 4.78 is 14.1. The molecule has 0 aromatic rings. The Morgan fingerprint density at radius 3 is 2.62 bits per heavy atom. The Morgan fingerprint density at radius 2 is 1.81 bits per heavy atom. The summed E-state index contributed by atoms with van der Waals surface area (Å²) in [5.74, 6) is 2.54. The molecule has 1 nitrogen and oxygen atoms in total. The van der Waals surface area contributed by atoms with E-state index in [9.17, 15) is 9.18 Å². The molecule has 7 atom stereocenters. The first-order chi connectivity index (χ1) is 9.97. The molecule has 0 radical (unpaired) electrons. The fourth-order valence-corrected chi connectivity index (χ4v) is 7.04. The monoisotopic (exact) mass is 292 g/mol. The average Bonchev–Trinajstić information content (AvgIpc) is 2.70. The number of Topliss-reactive ketones (excluding diaryl/α,β-unsaturated/α-hetero) is 1. The molecular formula is C19H29FO. The molecular weight excluding hydrogens is 263 g/mol. The highest BCUT2D eigenvalue weighted by Crippen LogP contribution is 2.65. The molecule has 0 aromatic carbocycles. The first-order valence-corrected chi connectivity index (χ1v) is 9.15. The highest BCUT2D eigenvalue weighted by Gasteiger charge is 2.62. The number of carbonyl (C=O) groups is 1. The lowest BCUT2D eigenvalue weighted by atomic mass is 9.45. The minimum Gasteiger partial charge on any atom is -0.296 e. The first kappa shape index (κ1) is 14.2. The van der Waals surface area contributed by atoms with Crippen LogP contribution in [0.1, 0.15) is 71.6 Å². The molecule has 0 saturated heterocycles. The Bertz CT molecular complexity index is 460. The van der Waals surface area contributed by atoms with Crippen LogP contribution in [0.2, 0.25) is 0 Å². The maximum atomic E-state index is 14.1. The van der Waals surface area contributed by atoms with Crippen molar-refractivity contribution in [3.05, 3.63) is 0 Å². The predicted molar refractivity (Wildman–Crippen MR) is 81.6 cm³/mol. The highest BCUT2D eigenvalue weighted by atomic mass is 19.1. The normalized spacial score (nSPS) is 56.5. The van der Waals surface area contributed by atoms with Crippen LogP contribution >= 0.6 is 0 Å². The van der Waals surface area contributed by atoms with E-state index in [4.69, 9.17) is 0 Å². The van der Waals surface area contributed by atoms with E-state index >= 15 is 0 Å². The van der Waals surface area contributed by atoms with Crippen LogP contribution in [0.3, 0.4) is 0 Å². The lowest BCUT2D eigenvalue weighted by Gasteiger charge is -2.59.